The Bertz CT molecular complexity index is 263. The van der Waals surface area contributed by atoms with Crippen LogP contribution in [0.25, 0.3) is 0 Å². The normalized spacial score (nSPS) is 37.4. The summed E-state index contributed by atoms with van der Waals surface area (Å²) in [5.41, 5.74) is 0.532. The van der Waals surface area contributed by atoms with E-state index in [9.17, 15) is 9.90 Å². The van der Waals surface area contributed by atoms with E-state index in [1.165, 1.54) is 12.8 Å². The zero-order chi connectivity index (χ0) is 11.8. The topological polar surface area (TPSA) is 37.3 Å². The molecule has 3 fully saturated rings. The van der Waals surface area contributed by atoms with Crippen LogP contribution in [0.4, 0.5) is 0 Å². The van der Waals surface area contributed by atoms with Crippen LogP contribution in [-0.4, -0.2) is 17.5 Å². The van der Waals surface area contributed by atoms with E-state index < -0.39 is 0 Å². The van der Waals surface area contributed by atoms with E-state index in [-0.39, 0.29) is 11.3 Å². The molecule has 0 spiro atoms. The fourth-order valence-electron chi connectivity index (χ4n) is 3.82. The number of rotatable bonds is 7. The molecule has 0 aromatic carbocycles. The van der Waals surface area contributed by atoms with Crippen molar-refractivity contribution in [1.82, 2.24) is 0 Å². The van der Waals surface area contributed by atoms with E-state index in [2.05, 4.69) is 13.8 Å². The van der Waals surface area contributed by atoms with Crippen molar-refractivity contribution >= 4 is 5.78 Å². The molecule has 0 radical (unpaired) electrons. The number of Topliss-reactive ketones (excluding diaryl/α,β-unsaturated/α-hetero) is 1. The number of carbonyl (C=O) groups excluding carboxylic acids is 1. The van der Waals surface area contributed by atoms with Gasteiger partial charge in [-0.25, -0.2) is 0 Å². The van der Waals surface area contributed by atoms with Gasteiger partial charge in [0.1, 0.15) is 5.78 Å². The summed E-state index contributed by atoms with van der Waals surface area (Å²) >= 11 is 0. The molecule has 2 heteroatoms. The molecule has 1 N–H and O–H groups in total. The zero-order valence-electron chi connectivity index (χ0n) is 10.6. The van der Waals surface area contributed by atoms with E-state index >= 15 is 0 Å². The minimum absolute atomic E-state index is 0.234. The number of ketones is 1. The van der Waals surface area contributed by atoms with E-state index in [0.29, 0.717) is 17.8 Å². The molecular weight excluding hydrogens is 200 g/mol. The fourth-order valence-corrected chi connectivity index (χ4v) is 3.82. The Morgan fingerprint density at radius 2 is 1.94 bits per heavy atom. The second-order valence-electron chi connectivity index (χ2n) is 6.20. The number of hydrogen-bond acceptors (Lipinski definition) is 2. The van der Waals surface area contributed by atoms with Crippen molar-refractivity contribution in [3.63, 3.8) is 0 Å². The maximum atomic E-state index is 12.0. The minimum Gasteiger partial charge on any atom is -0.396 e. The highest BCUT2D eigenvalue weighted by Crippen LogP contribution is 2.76. The van der Waals surface area contributed by atoms with Crippen molar-refractivity contribution in [3.8, 4) is 0 Å². The van der Waals surface area contributed by atoms with E-state index in [4.69, 9.17) is 0 Å². The maximum absolute atomic E-state index is 12.0. The highest BCUT2D eigenvalue weighted by atomic mass is 16.3. The lowest BCUT2D eigenvalue weighted by Gasteiger charge is -2.72. The third-order valence-corrected chi connectivity index (χ3v) is 4.94. The molecule has 3 aliphatic carbocycles. The van der Waals surface area contributed by atoms with Crippen LogP contribution in [0, 0.1) is 16.7 Å². The molecule has 2 bridgehead atoms. The minimum atomic E-state index is 0.234. The Labute approximate surface area is 98.4 Å². The first-order chi connectivity index (χ1) is 7.57. The lowest BCUT2D eigenvalue weighted by atomic mass is 9.32. The molecule has 92 valence electrons. The van der Waals surface area contributed by atoms with Crippen molar-refractivity contribution in [3.05, 3.63) is 0 Å². The standard InChI is InChI=1S/C14H24O2/c1-3-4-5-6-12(16)11(2)14-7-13(8-14,9-14)10-15/h11,15H,3-10H2,1-2H3. The van der Waals surface area contributed by atoms with Crippen LogP contribution in [0.3, 0.4) is 0 Å². The maximum Gasteiger partial charge on any atom is 0.136 e. The molecule has 3 saturated carbocycles. The second-order valence-corrected chi connectivity index (χ2v) is 6.20. The van der Waals surface area contributed by atoms with Crippen LogP contribution in [0.2, 0.25) is 0 Å². The average molecular weight is 224 g/mol. The first-order valence-electron chi connectivity index (χ1n) is 6.71. The fraction of sp³-hybridized carbons (Fsp3) is 0.929. The number of carbonyl (C=O) groups is 1. The van der Waals surface area contributed by atoms with Crippen molar-refractivity contribution < 1.29 is 9.90 Å². The van der Waals surface area contributed by atoms with Crippen molar-refractivity contribution in [1.29, 1.82) is 0 Å². The number of unbranched alkanes of at least 4 members (excludes halogenated alkanes) is 2. The molecule has 0 amide bonds. The van der Waals surface area contributed by atoms with Gasteiger partial charge in [-0.05, 0) is 36.5 Å². The van der Waals surface area contributed by atoms with Crippen LogP contribution in [0.15, 0.2) is 0 Å². The molecule has 0 aromatic heterocycles. The molecule has 0 saturated heterocycles. The Morgan fingerprint density at radius 1 is 1.31 bits per heavy atom. The summed E-state index contributed by atoms with van der Waals surface area (Å²) in [5.74, 6) is 0.692. The van der Waals surface area contributed by atoms with Gasteiger partial charge in [0.15, 0.2) is 0 Å². The summed E-state index contributed by atoms with van der Waals surface area (Å²) in [6.07, 6.45) is 7.46. The van der Waals surface area contributed by atoms with Gasteiger partial charge < -0.3 is 5.11 Å². The van der Waals surface area contributed by atoms with E-state index in [1.807, 2.05) is 0 Å². The Balaban J connectivity index is 1.77. The predicted molar refractivity (Wildman–Crippen MR) is 64.1 cm³/mol. The monoisotopic (exact) mass is 224 g/mol. The summed E-state index contributed by atoms with van der Waals surface area (Å²) in [6, 6.07) is 0. The van der Waals surface area contributed by atoms with Gasteiger partial charge in [0.2, 0.25) is 0 Å². The number of aliphatic hydroxyl groups is 1. The largest absolute Gasteiger partial charge is 0.396 e. The van der Waals surface area contributed by atoms with Crippen LogP contribution in [-0.2, 0) is 4.79 Å². The summed E-state index contributed by atoms with van der Waals surface area (Å²) in [5, 5.41) is 9.21. The molecule has 3 aliphatic rings. The highest BCUT2D eigenvalue weighted by molar-refractivity contribution is 5.82. The third-order valence-electron chi connectivity index (χ3n) is 4.94. The Hall–Kier alpha value is -0.370. The van der Waals surface area contributed by atoms with Crippen molar-refractivity contribution in [2.45, 2.75) is 58.8 Å². The van der Waals surface area contributed by atoms with E-state index in [0.717, 1.165) is 32.1 Å². The quantitative estimate of drug-likeness (QED) is 0.675. The van der Waals surface area contributed by atoms with Gasteiger partial charge in [-0.3, -0.25) is 4.79 Å². The van der Waals surface area contributed by atoms with Gasteiger partial charge in [0, 0.05) is 18.9 Å². The van der Waals surface area contributed by atoms with Gasteiger partial charge in [0.25, 0.3) is 0 Å². The van der Waals surface area contributed by atoms with Gasteiger partial charge in [-0.1, -0.05) is 26.7 Å². The third kappa shape index (κ3) is 1.71. The molecule has 3 rings (SSSR count). The molecule has 0 aromatic rings. The van der Waals surface area contributed by atoms with Crippen LogP contribution >= 0.6 is 0 Å². The van der Waals surface area contributed by atoms with Gasteiger partial charge in [-0.2, -0.15) is 0 Å². The Morgan fingerprint density at radius 3 is 2.44 bits per heavy atom. The van der Waals surface area contributed by atoms with Crippen molar-refractivity contribution in [2.75, 3.05) is 6.61 Å². The van der Waals surface area contributed by atoms with Crippen LogP contribution < -0.4 is 0 Å². The lowest BCUT2D eigenvalue weighted by molar-refractivity contribution is -0.245. The van der Waals surface area contributed by atoms with Crippen LogP contribution in [0.1, 0.15) is 58.8 Å². The van der Waals surface area contributed by atoms with Gasteiger partial charge in [-0.15, -0.1) is 0 Å². The summed E-state index contributed by atoms with van der Waals surface area (Å²) in [7, 11) is 0. The van der Waals surface area contributed by atoms with Crippen LogP contribution in [0.5, 0.6) is 0 Å². The molecule has 1 unspecified atom stereocenters. The second kappa shape index (κ2) is 4.14. The van der Waals surface area contributed by atoms with Crippen molar-refractivity contribution in [2.24, 2.45) is 16.7 Å². The van der Waals surface area contributed by atoms with E-state index in [1.54, 1.807) is 0 Å². The predicted octanol–water partition coefficient (Wildman–Crippen LogP) is 2.93. The smallest absolute Gasteiger partial charge is 0.136 e. The highest BCUT2D eigenvalue weighted by Gasteiger charge is 2.69. The molecule has 0 aliphatic heterocycles. The summed E-state index contributed by atoms with van der Waals surface area (Å²) < 4.78 is 0. The number of aliphatic hydroxyl groups excluding tert-OH is 1. The molecular formula is C14H24O2. The molecule has 2 nitrogen and oxygen atoms in total. The average Bonchev–Trinajstić information content (AvgIpc) is 2.14. The first-order valence-corrected chi connectivity index (χ1v) is 6.71. The SMILES string of the molecule is CCCCCC(=O)C(C)C12CC(CO)(C1)C2. The summed E-state index contributed by atoms with van der Waals surface area (Å²) in [4.78, 5) is 12.0. The van der Waals surface area contributed by atoms with Gasteiger partial charge in [0.05, 0.1) is 0 Å². The molecule has 1 atom stereocenters. The molecule has 0 heterocycles. The Kier molecular flexibility index (Phi) is 3.13. The zero-order valence-corrected chi connectivity index (χ0v) is 10.6. The summed E-state index contributed by atoms with van der Waals surface area (Å²) in [6.45, 7) is 4.60. The number of hydrogen-bond donors (Lipinski definition) is 1. The lowest BCUT2D eigenvalue weighted by Crippen LogP contribution is -2.66. The molecule has 16 heavy (non-hydrogen) atoms. The van der Waals surface area contributed by atoms with Gasteiger partial charge >= 0.3 is 0 Å². The first kappa shape index (κ1) is 12.1.